The minimum absolute atomic E-state index is 0.0381. The molecule has 0 saturated carbocycles. The molecule has 4 nitrogen and oxygen atoms in total. The van der Waals surface area contributed by atoms with Crippen LogP contribution in [0.3, 0.4) is 0 Å². The van der Waals surface area contributed by atoms with Gasteiger partial charge in [-0.3, -0.25) is 0 Å². The van der Waals surface area contributed by atoms with Crippen molar-refractivity contribution in [1.29, 1.82) is 0 Å². The summed E-state index contributed by atoms with van der Waals surface area (Å²) < 4.78 is 5.34. The Balaban J connectivity index is 3.00. The van der Waals surface area contributed by atoms with Crippen molar-refractivity contribution < 1.29 is 18.9 Å². The number of unbranched alkanes of at least 4 members (excludes halogenated alkanes) is 13. The molecule has 0 spiro atoms. The van der Waals surface area contributed by atoms with Gasteiger partial charge in [0.25, 0.3) is 0 Å². The van der Waals surface area contributed by atoms with E-state index in [1.165, 1.54) is 95.5 Å². The first-order valence-corrected chi connectivity index (χ1v) is 12.9. The molecule has 0 aromatic carbocycles. The van der Waals surface area contributed by atoms with Crippen LogP contribution in [0.2, 0.25) is 0 Å². The van der Waals surface area contributed by atoms with Crippen LogP contribution in [0.4, 0.5) is 0 Å². The average molecular weight is 385 g/mol. The van der Waals surface area contributed by atoms with E-state index in [2.05, 4.69) is 6.92 Å². The molecule has 0 aromatic rings. The number of rotatable bonds is 19. The molecule has 0 unspecified atom stereocenters. The van der Waals surface area contributed by atoms with Crippen LogP contribution in [-0.2, 0) is 4.18 Å². The van der Waals surface area contributed by atoms with E-state index in [1.54, 1.807) is 0 Å². The summed E-state index contributed by atoms with van der Waals surface area (Å²) in [5.41, 5.74) is 0. The summed E-state index contributed by atoms with van der Waals surface area (Å²) in [5.74, 6) is 0.439. The molecule has 0 aliphatic rings. The fraction of sp³-hybridized carbons (Fsp3) is 1.00. The van der Waals surface area contributed by atoms with Crippen molar-refractivity contribution in [1.82, 2.24) is 0 Å². The molecule has 0 atom stereocenters. The molecule has 0 amide bonds. The summed E-state index contributed by atoms with van der Waals surface area (Å²) in [6.45, 7) is 2.98. The van der Waals surface area contributed by atoms with Gasteiger partial charge in [0.1, 0.15) is 0 Å². The second-order valence-electron chi connectivity index (χ2n) is 6.76. The molecule has 0 aliphatic heterocycles. The molecule has 0 bridgehead atoms. The Morgan fingerprint density at radius 3 is 1.50 bits per heavy atom. The number of hydrogen-bond acceptors (Lipinski definition) is 5. The van der Waals surface area contributed by atoms with Crippen molar-refractivity contribution in [3.63, 3.8) is 0 Å². The molecule has 0 aromatic heterocycles. The van der Waals surface area contributed by atoms with Gasteiger partial charge in [-0.05, 0) is 0 Å². The Hall–Kier alpha value is 0.620. The molecule has 24 heavy (non-hydrogen) atoms. The Morgan fingerprint density at radius 2 is 1.08 bits per heavy atom. The van der Waals surface area contributed by atoms with Gasteiger partial charge in [0, 0.05) is 0 Å². The Labute approximate surface area is 154 Å². The van der Waals surface area contributed by atoms with Crippen LogP contribution >= 0.6 is 20.0 Å². The standard InChI is InChI=1S/C18H41O4PS/c1-2-3-4-5-6-7-8-9-10-11-12-13-14-15-16-22-24-18-17-23(19,20)21/h19-21,23H,2-18H2,1H3. The van der Waals surface area contributed by atoms with E-state index >= 15 is 0 Å². The van der Waals surface area contributed by atoms with Crippen LogP contribution in [0, 0.1) is 0 Å². The van der Waals surface area contributed by atoms with Gasteiger partial charge < -0.3 is 0 Å². The molecule has 0 aliphatic carbocycles. The van der Waals surface area contributed by atoms with E-state index < -0.39 is 7.94 Å². The zero-order valence-electron chi connectivity index (χ0n) is 15.7. The van der Waals surface area contributed by atoms with E-state index in [1.807, 2.05) is 0 Å². The fourth-order valence-electron chi connectivity index (χ4n) is 2.65. The summed E-state index contributed by atoms with van der Waals surface area (Å²) in [6.07, 6.45) is 18.9. The van der Waals surface area contributed by atoms with Gasteiger partial charge in [-0.25, -0.2) is 0 Å². The van der Waals surface area contributed by atoms with E-state index in [4.69, 9.17) is 18.9 Å². The van der Waals surface area contributed by atoms with Gasteiger partial charge in [0.15, 0.2) is 0 Å². The molecule has 0 saturated heterocycles. The summed E-state index contributed by atoms with van der Waals surface area (Å²) in [4.78, 5) is 26.5. The minimum atomic E-state index is -3.87. The molecule has 0 heterocycles. The van der Waals surface area contributed by atoms with Crippen molar-refractivity contribution in [2.45, 2.75) is 96.8 Å². The summed E-state index contributed by atoms with van der Waals surface area (Å²) >= 11 is 1.22. The van der Waals surface area contributed by atoms with Crippen molar-refractivity contribution in [2.75, 3.05) is 18.5 Å². The Morgan fingerprint density at radius 1 is 0.667 bits per heavy atom. The van der Waals surface area contributed by atoms with E-state index in [0.717, 1.165) is 6.42 Å². The normalized spacial score (nSPS) is 12.7. The monoisotopic (exact) mass is 384 g/mol. The predicted molar refractivity (Wildman–Crippen MR) is 109 cm³/mol. The van der Waals surface area contributed by atoms with Gasteiger partial charge in [0.05, 0.1) is 0 Å². The Kier molecular flexibility index (Phi) is 18.9. The third-order valence-electron chi connectivity index (χ3n) is 4.19. The average Bonchev–Trinajstić information content (AvgIpc) is 2.52. The fourth-order valence-corrected chi connectivity index (χ4v) is 4.43. The molecule has 0 radical (unpaired) electrons. The van der Waals surface area contributed by atoms with Gasteiger partial charge >= 0.3 is 102 Å². The van der Waals surface area contributed by atoms with Gasteiger partial charge in [-0.15, -0.1) is 0 Å². The molecule has 0 rings (SSSR count). The van der Waals surface area contributed by atoms with Crippen LogP contribution in [-0.4, -0.2) is 33.2 Å². The molecule has 148 valence electrons. The molecular formula is C18H41O4PS. The zero-order valence-corrected chi connectivity index (χ0v) is 17.5. The SMILES string of the molecule is CCCCCCCCCCCCCCCCOSCC[PH](O)(O)O. The van der Waals surface area contributed by atoms with Crippen LogP contribution in [0.25, 0.3) is 0 Å². The maximum atomic E-state index is 8.83. The molecule has 0 fully saturated rings. The van der Waals surface area contributed by atoms with Crippen LogP contribution in [0.15, 0.2) is 0 Å². The van der Waals surface area contributed by atoms with E-state index in [-0.39, 0.29) is 6.16 Å². The summed E-state index contributed by atoms with van der Waals surface area (Å²) in [7, 11) is -3.87. The van der Waals surface area contributed by atoms with Crippen molar-refractivity contribution in [3.8, 4) is 0 Å². The van der Waals surface area contributed by atoms with Crippen LogP contribution in [0.1, 0.15) is 96.8 Å². The van der Waals surface area contributed by atoms with Crippen molar-refractivity contribution in [3.05, 3.63) is 0 Å². The molecule has 6 heteroatoms. The topological polar surface area (TPSA) is 69.9 Å². The summed E-state index contributed by atoms with van der Waals surface area (Å²) in [5, 5.41) is 0. The number of hydrogen-bond donors (Lipinski definition) is 3. The first-order chi connectivity index (χ1) is 11.6. The third kappa shape index (κ3) is 22.6. The van der Waals surface area contributed by atoms with Gasteiger partial charge in [0.2, 0.25) is 0 Å². The Bertz CT molecular complexity index is 250. The first-order valence-electron chi connectivity index (χ1n) is 9.98. The predicted octanol–water partition coefficient (Wildman–Crippen LogP) is 5.60. The first kappa shape index (κ1) is 24.6. The van der Waals surface area contributed by atoms with Crippen LogP contribution < -0.4 is 0 Å². The van der Waals surface area contributed by atoms with Crippen molar-refractivity contribution >= 4 is 20.0 Å². The van der Waals surface area contributed by atoms with Crippen molar-refractivity contribution in [2.24, 2.45) is 0 Å². The summed E-state index contributed by atoms with van der Waals surface area (Å²) in [6, 6.07) is 0. The van der Waals surface area contributed by atoms with Gasteiger partial charge in [-0.2, -0.15) is 0 Å². The van der Waals surface area contributed by atoms with Gasteiger partial charge in [-0.1, -0.05) is 51.9 Å². The zero-order chi connectivity index (χ0) is 17.9. The maximum absolute atomic E-state index is 8.83. The van der Waals surface area contributed by atoms with E-state index in [0.29, 0.717) is 12.4 Å². The third-order valence-corrected chi connectivity index (χ3v) is 6.17. The molecule has 3 N–H and O–H groups in total. The second-order valence-corrected chi connectivity index (χ2v) is 9.69. The quantitative estimate of drug-likeness (QED) is 0.153. The second kappa shape index (κ2) is 18.4. The van der Waals surface area contributed by atoms with Crippen LogP contribution in [0.5, 0.6) is 0 Å². The van der Waals surface area contributed by atoms with E-state index in [9.17, 15) is 0 Å². The molecular weight excluding hydrogens is 343 g/mol.